The van der Waals surface area contributed by atoms with Gasteiger partial charge in [-0.3, -0.25) is 4.99 Å². The van der Waals surface area contributed by atoms with Gasteiger partial charge in [-0.1, -0.05) is 11.6 Å². The van der Waals surface area contributed by atoms with Gasteiger partial charge in [0.2, 0.25) is 0 Å². The molecule has 6 heteroatoms. The van der Waals surface area contributed by atoms with Crippen molar-refractivity contribution in [3.63, 3.8) is 0 Å². The summed E-state index contributed by atoms with van der Waals surface area (Å²) in [6.45, 7) is 4.80. The third-order valence-corrected chi connectivity index (χ3v) is 5.75. The summed E-state index contributed by atoms with van der Waals surface area (Å²) in [4.78, 5) is 6.99. The average molecular weight is 333 g/mol. The fraction of sp³-hybridized carbons (Fsp3) is 0.778. The summed E-state index contributed by atoms with van der Waals surface area (Å²) in [5, 5.41) is 11.1. The Labute approximate surface area is 145 Å². The normalized spacial score (nSPS) is 28.0. The van der Waals surface area contributed by atoms with Crippen molar-refractivity contribution >= 4 is 5.96 Å². The van der Waals surface area contributed by atoms with E-state index in [2.05, 4.69) is 32.7 Å². The minimum Gasteiger partial charge on any atom is -0.361 e. The van der Waals surface area contributed by atoms with E-state index in [1.165, 1.54) is 37.7 Å². The summed E-state index contributed by atoms with van der Waals surface area (Å²) >= 11 is 0. The van der Waals surface area contributed by atoms with Crippen molar-refractivity contribution in [2.45, 2.75) is 70.5 Å². The molecule has 0 spiro atoms. The van der Waals surface area contributed by atoms with E-state index in [0.717, 1.165) is 42.5 Å². The van der Waals surface area contributed by atoms with Crippen LogP contribution < -0.4 is 10.6 Å². The van der Waals surface area contributed by atoms with Crippen molar-refractivity contribution < 1.29 is 4.52 Å². The Hall–Kier alpha value is -1.56. The smallest absolute Gasteiger partial charge is 0.191 e. The molecule has 2 aliphatic heterocycles. The van der Waals surface area contributed by atoms with E-state index in [-0.39, 0.29) is 0 Å². The van der Waals surface area contributed by atoms with Crippen molar-refractivity contribution in [2.75, 3.05) is 20.6 Å². The molecule has 134 valence electrons. The average Bonchev–Trinajstić information content (AvgIpc) is 2.86. The number of fused-ring (bicyclic) bond motifs is 2. The zero-order valence-electron chi connectivity index (χ0n) is 15.4. The molecule has 0 aromatic carbocycles. The zero-order chi connectivity index (χ0) is 17.1. The summed E-state index contributed by atoms with van der Waals surface area (Å²) in [5.74, 6) is 1.83. The molecule has 0 amide bonds. The fourth-order valence-electron chi connectivity index (χ4n) is 4.29. The first-order valence-electron chi connectivity index (χ1n) is 9.19. The van der Waals surface area contributed by atoms with Crippen LogP contribution in [0.3, 0.4) is 0 Å². The van der Waals surface area contributed by atoms with Crippen LogP contribution >= 0.6 is 0 Å². The lowest BCUT2D eigenvalue weighted by atomic mass is 9.82. The summed E-state index contributed by atoms with van der Waals surface area (Å²) in [7, 11) is 4.14. The van der Waals surface area contributed by atoms with E-state index in [1.54, 1.807) is 0 Å². The van der Waals surface area contributed by atoms with Gasteiger partial charge in [-0.2, -0.15) is 0 Å². The van der Waals surface area contributed by atoms with E-state index < -0.39 is 0 Å². The maximum absolute atomic E-state index is 5.22. The Morgan fingerprint density at radius 3 is 2.58 bits per heavy atom. The molecule has 6 nitrogen and oxygen atoms in total. The van der Waals surface area contributed by atoms with Gasteiger partial charge in [-0.15, -0.1) is 0 Å². The predicted molar refractivity (Wildman–Crippen MR) is 96.4 cm³/mol. The molecule has 3 rings (SSSR count). The lowest BCUT2D eigenvalue weighted by Gasteiger charge is -2.47. The molecule has 24 heavy (non-hydrogen) atoms. The van der Waals surface area contributed by atoms with E-state index in [1.807, 2.05) is 20.9 Å². The van der Waals surface area contributed by atoms with Gasteiger partial charge in [0, 0.05) is 37.3 Å². The summed E-state index contributed by atoms with van der Waals surface area (Å²) in [5.41, 5.74) is 2.19. The van der Waals surface area contributed by atoms with Crippen LogP contribution in [-0.4, -0.2) is 54.8 Å². The molecule has 3 heterocycles. The molecule has 2 fully saturated rings. The number of hydrogen-bond acceptors (Lipinski definition) is 4. The Morgan fingerprint density at radius 2 is 2.00 bits per heavy atom. The van der Waals surface area contributed by atoms with Crippen molar-refractivity contribution in [3.05, 3.63) is 17.0 Å². The van der Waals surface area contributed by atoms with E-state index in [4.69, 9.17) is 4.52 Å². The lowest BCUT2D eigenvalue weighted by Crippen LogP contribution is -2.56. The van der Waals surface area contributed by atoms with Crippen LogP contribution in [0.4, 0.5) is 0 Å². The van der Waals surface area contributed by atoms with Gasteiger partial charge in [0.25, 0.3) is 0 Å². The van der Waals surface area contributed by atoms with Crippen LogP contribution in [-0.2, 0) is 6.42 Å². The highest BCUT2D eigenvalue weighted by molar-refractivity contribution is 5.80. The number of rotatable bonds is 4. The second-order valence-corrected chi connectivity index (χ2v) is 7.27. The molecular weight excluding hydrogens is 302 g/mol. The summed E-state index contributed by atoms with van der Waals surface area (Å²) in [6.07, 6.45) is 7.40. The van der Waals surface area contributed by atoms with E-state index in [0.29, 0.717) is 6.04 Å². The number of nitrogens with one attached hydrogen (secondary N) is 2. The van der Waals surface area contributed by atoms with Crippen molar-refractivity contribution in [1.29, 1.82) is 0 Å². The molecule has 2 N–H and O–H groups in total. The van der Waals surface area contributed by atoms with Crippen molar-refractivity contribution in [2.24, 2.45) is 4.99 Å². The zero-order valence-corrected chi connectivity index (χ0v) is 15.4. The van der Waals surface area contributed by atoms with Gasteiger partial charge in [0.1, 0.15) is 5.76 Å². The lowest BCUT2D eigenvalue weighted by molar-refractivity contribution is 0.0526. The van der Waals surface area contributed by atoms with Crippen LogP contribution in [0.25, 0.3) is 0 Å². The van der Waals surface area contributed by atoms with Crippen molar-refractivity contribution in [1.82, 2.24) is 20.7 Å². The molecule has 0 aliphatic carbocycles. The highest BCUT2D eigenvalue weighted by atomic mass is 16.5. The van der Waals surface area contributed by atoms with E-state index in [9.17, 15) is 0 Å². The molecule has 0 saturated carbocycles. The third-order valence-electron chi connectivity index (χ3n) is 5.75. The molecule has 2 bridgehead atoms. The van der Waals surface area contributed by atoms with Gasteiger partial charge >= 0.3 is 0 Å². The largest absolute Gasteiger partial charge is 0.361 e. The second-order valence-electron chi connectivity index (χ2n) is 7.27. The minimum atomic E-state index is 0.529. The fourth-order valence-corrected chi connectivity index (χ4v) is 4.29. The first-order valence-corrected chi connectivity index (χ1v) is 9.19. The van der Waals surface area contributed by atoms with Gasteiger partial charge in [0.15, 0.2) is 5.96 Å². The maximum Gasteiger partial charge on any atom is 0.191 e. The molecule has 2 atom stereocenters. The molecule has 2 aliphatic rings. The number of piperidine rings is 2. The van der Waals surface area contributed by atoms with Crippen LogP contribution in [0.1, 0.15) is 49.1 Å². The Morgan fingerprint density at radius 1 is 1.29 bits per heavy atom. The van der Waals surface area contributed by atoms with Crippen LogP contribution in [0.2, 0.25) is 0 Å². The number of hydrogen-bond donors (Lipinski definition) is 2. The Bertz CT molecular complexity index is 548. The number of nitrogens with zero attached hydrogens (tertiary/aromatic N) is 3. The molecule has 2 unspecified atom stereocenters. The molecule has 2 saturated heterocycles. The Kier molecular flexibility index (Phi) is 5.43. The van der Waals surface area contributed by atoms with E-state index >= 15 is 0 Å². The highest BCUT2D eigenvalue weighted by Gasteiger charge is 2.36. The summed E-state index contributed by atoms with van der Waals surface area (Å²) < 4.78 is 5.22. The van der Waals surface area contributed by atoms with Gasteiger partial charge in [-0.05, 0) is 53.0 Å². The second kappa shape index (κ2) is 7.55. The summed E-state index contributed by atoms with van der Waals surface area (Å²) in [6, 6.07) is 1.99. The van der Waals surface area contributed by atoms with Crippen molar-refractivity contribution in [3.8, 4) is 0 Å². The first-order chi connectivity index (χ1) is 11.6. The number of aryl methyl sites for hydroxylation is 2. The number of guanidine groups is 1. The standard InChI is InChI=1S/C18H31N5O/c1-12-17(13(2)24-22-12)8-9-20-18(19-3)21-14-10-15-6-5-7-16(11-14)23(15)4/h14-16H,5-11H2,1-4H3,(H2,19,20,21). The van der Waals surface area contributed by atoms with Crippen LogP contribution in [0.15, 0.2) is 9.52 Å². The van der Waals surface area contributed by atoms with Gasteiger partial charge in [0.05, 0.1) is 5.69 Å². The van der Waals surface area contributed by atoms with Gasteiger partial charge in [-0.25, -0.2) is 0 Å². The first kappa shape index (κ1) is 17.3. The third kappa shape index (κ3) is 3.74. The number of aromatic nitrogens is 1. The van der Waals surface area contributed by atoms with Crippen LogP contribution in [0, 0.1) is 13.8 Å². The monoisotopic (exact) mass is 333 g/mol. The SMILES string of the molecule is CN=C(NCCc1c(C)noc1C)NC1CC2CCCC(C1)N2C. The quantitative estimate of drug-likeness (QED) is 0.652. The molecule has 1 aromatic heterocycles. The molecule has 0 radical (unpaired) electrons. The molecular formula is C18H31N5O. The topological polar surface area (TPSA) is 65.7 Å². The highest BCUT2D eigenvalue weighted by Crippen LogP contribution is 2.32. The number of aliphatic imine (C=N–C) groups is 1. The predicted octanol–water partition coefficient (Wildman–Crippen LogP) is 2.01. The molecule has 1 aromatic rings. The maximum atomic E-state index is 5.22. The Balaban J connectivity index is 1.49. The minimum absolute atomic E-state index is 0.529. The van der Waals surface area contributed by atoms with Crippen LogP contribution in [0.5, 0.6) is 0 Å². The van der Waals surface area contributed by atoms with Gasteiger partial charge < -0.3 is 20.1 Å².